The quantitative estimate of drug-likeness (QED) is 0.723. The van der Waals surface area contributed by atoms with Crippen molar-refractivity contribution < 1.29 is 13.2 Å². The molecule has 0 atom stereocenters. The van der Waals surface area contributed by atoms with E-state index in [1.807, 2.05) is 37.3 Å². The molecule has 1 fully saturated rings. The van der Waals surface area contributed by atoms with Crippen LogP contribution in [0.3, 0.4) is 0 Å². The van der Waals surface area contributed by atoms with Crippen molar-refractivity contribution in [2.45, 2.75) is 31.2 Å². The molecular formula is C19H21NO3S. The van der Waals surface area contributed by atoms with Crippen LogP contribution in [-0.4, -0.2) is 25.1 Å². The highest BCUT2D eigenvalue weighted by molar-refractivity contribution is 7.89. The summed E-state index contributed by atoms with van der Waals surface area (Å²) in [4.78, 5) is 12.3. The van der Waals surface area contributed by atoms with Gasteiger partial charge in [0, 0.05) is 24.6 Å². The van der Waals surface area contributed by atoms with Gasteiger partial charge in [-0.3, -0.25) is 4.79 Å². The zero-order chi connectivity index (χ0) is 17.2. The number of sulfonamides is 1. The molecule has 2 aromatic rings. The van der Waals surface area contributed by atoms with Crippen LogP contribution in [0.4, 0.5) is 0 Å². The second-order valence-electron chi connectivity index (χ2n) is 6.08. The van der Waals surface area contributed by atoms with Gasteiger partial charge >= 0.3 is 0 Å². The van der Waals surface area contributed by atoms with Crippen LogP contribution in [0.2, 0.25) is 0 Å². The second-order valence-corrected chi connectivity index (χ2v) is 8.02. The molecule has 0 heterocycles. The second kappa shape index (κ2) is 6.87. The summed E-state index contributed by atoms with van der Waals surface area (Å²) < 4.78 is 27.1. The first-order valence-corrected chi connectivity index (χ1v) is 9.64. The van der Waals surface area contributed by atoms with Gasteiger partial charge in [0.05, 0.1) is 4.90 Å². The molecule has 0 aromatic heterocycles. The Morgan fingerprint density at radius 3 is 2.21 bits per heavy atom. The molecule has 0 spiro atoms. The van der Waals surface area contributed by atoms with Gasteiger partial charge in [-0.2, -0.15) is 4.31 Å². The van der Waals surface area contributed by atoms with Crippen LogP contribution in [0.5, 0.6) is 0 Å². The van der Waals surface area contributed by atoms with Gasteiger partial charge in [-0.25, -0.2) is 8.42 Å². The SMILES string of the molecule is CCN(Cc1ccccc1)S(=O)(=O)c1ccc(C(=O)C2CC2)cc1. The van der Waals surface area contributed by atoms with E-state index < -0.39 is 10.0 Å². The zero-order valence-electron chi connectivity index (χ0n) is 13.7. The predicted octanol–water partition coefficient (Wildman–Crippen LogP) is 3.49. The van der Waals surface area contributed by atoms with E-state index in [1.54, 1.807) is 24.3 Å². The molecule has 2 aromatic carbocycles. The van der Waals surface area contributed by atoms with E-state index in [1.165, 1.54) is 4.31 Å². The van der Waals surface area contributed by atoms with Crippen molar-refractivity contribution in [3.05, 3.63) is 65.7 Å². The Hall–Kier alpha value is -1.98. The minimum Gasteiger partial charge on any atom is -0.294 e. The number of carbonyl (C=O) groups excluding carboxylic acids is 1. The lowest BCUT2D eigenvalue weighted by atomic mass is 10.1. The van der Waals surface area contributed by atoms with Gasteiger partial charge in [0.1, 0.15) is 0 Å². The number of benzene rings is 2. The predicted molar refractivity (Wildman–Crippen MR) is 93.2 cm³/mol. The summed E-state index contributed by atoms with van der Waals surface area (Å²) in [7, 11) is -3.57. The Morgan fingerprint density at radius 1 is 1.04 bits per heavy atom. The van der Waals surface area contributed by atoms with Crippen molar-refractivity contribution in [2.75, 3.05) is 6.54 Å². The summed E-state index contributed by atoms with van der Waals surface area (Å²) in [5.41, 5.74) is 1.55. The van der Waals surface area contributed by atoms with Crippen LogP contribution in [0.1, 0.15) is 35.7 Å². The number of Topliss-reactive ketones (excluding diaryl/α,β-unsaturated/α-hetero) is 1. The van der Waals surface area contributed by atoms with Crippen molar-refractivity contribution in [3.63, 3.8) is 0 Å². The van der Waals surface area contributed by atoms with E-state index in [0.717, 1.165) is 18.4 Å². The molecule has 1 aliphatic rings. The molecule has 0 aliphatic heterocycles. The molecule has 24 heavy (non-hydrogen) atoms. The Balaban J connectivity index is 1.81. The molecule has 3 rings (SSSR count). The first-order chi connectivity index (χ1) is 11.5. The molecule has 0 N–H and O–H groups in total. The summed E-state index contributed by atoms with van der Waals surface area (Å²) in [6.07, 6.45) is 1.89. The third kappa shape index (κ3) is 3.57. The highest BCUT2D eigenvalue weighted by atomic mass is 32.2. The van der Waals surface area contributed by atoms with Crippen LogP contribution in [0.25, 0.3) is 0 Å². The Morgan fingerprint density at radius 2 is 1.67 bits per heavy atom. The summed E-state index contributed by atoms with van der Waals surface area (Å²) in [6.45, 7) is 2.55. The van der Waals surface area contributed by atoms with Gasteiger partial charge in [0.25, 0.3) is 0 Å². The number of nitrogens with zero attached hydrogens (tertiary/aromatic N) is 1. The molecular weight excluding hydrogens is 322 g/mol. The molecule has 5 heteroatoms. The van der Waals surface area contributed by atoms with E-state index in [2.05, 4.69) is 0 Å². The summed E-state index contributed by atoms with van der Waals surface area (Å²) >= 11 is 0. The lowest BCUT2D eigenvalue weighted by molar-refractivity contribution is 0.0967. The third-order valence-electron chi connectivity index (χ3n) is 4.28. The highest BCUT2D eigenvalue weighted by Gasteiger charge is 2.30. The van der Waals surface area contributed by atoms with Crippen LogP contribution in [0, 0.1) is 5.92 Å². The molecule has 0 saturated heterocycles. The number of rotatable bonds is 7. The minimum atomic E-state index is -3.57. The lowest BCUT2D eigenvalue weighted by Crippen LogP contribution is -2.30. The van der Waals surface area contributed by atoms with E-state index in [9.17, 15) is 13.2 Å². The summed E-state index contributed by atoms with van der Waals surface area (Å²) in [6, 6.07) is 15.9. The van der Waals surface area contributed by atoms with Crippen LogP contribution >= 0.6 is 0 Å². The molecule has 0 amide bonds. The van der Waals surface area contributed by atoms with E-state index in [-0.39, 0.29) is 16.6 Å². The van der Waals surface area contributed by atoms with Gasteiger partial charge in [-0.1, -0.05) is 49.4 Å². The van der Waals surface area contributed by atoms with E-state index >= 15 is 0 Å². The van der Waals surface area contributed by atoms with Gasteiger partial charge in [0.15, 0.2) is 5.78 Å². The maximum atomic E-state index is 12.8. The normalized spacial score (nSPS) is 14.8. The maximum Gasteiger partial charge on any atom is 0.243 e. The van der Waals surface area contributed by atoms with Gasteiger partial charge < -0.3 is 0 Å². The van der Waals surface area contributed by atoms with Gasteiger partial charge in [0.2, 0.25) is 10.0 Å². The van der Waals surface area contributed by atoms with Crippen molar-refractivity contribution >= 4 is 15.8 Å². The van der Waals surface area contributed by atoms with E-state index in [0.29, 0.717) is 18.7 Å². The average molecular weight is 343 g/mol. The number of ketones is 1. The average Bonchev–Trinajstić information content (AvgIpc) is 3.45. The summed E-state index contributed by atoms with van der Waals surface area (Å²) in [5.74, 6) is 0.258. The highest BCUT2D eigenvalue weighted by Crippen LogP contribution is 2.32. The lowest BCUT2D eigenvalue weighted by Gasteiger charge is -2.20. The molecule has 0 radical (unpaired) electrons. The minimum absolute atomic E-state index is 0.121. The van der Waals surface area contributed by atoms with Crippen molar-refractivity contribution in [1.82, 2.24) is 4.31 Å². The third-order valence-corrected chi connectivity index (χ3v) is 6.21. The zero-order valence-corrected chi connectivity index (χ0v) is 14.5. The van der Waals surface area contributed by atoms with Crippen LogP contribution < -0.4 is 0 Å². The topological polar surface area (TPSA) is 54.5 Å². The largest absolute Gasteiger partial charge is 0.294 e. The Bertz CT molecular complexity index is 809. The van der Waals surface area contributed by atoms with Crippen molar-refractivity contribution in [3.8, 4) is 0 Å². The molecule has 1 aliphatic carbocycles. The number of carbonyl (C=O) groups is 1. The fourth-order valence-electron chi connectivity index (χ4n) is 2.68. The molecule has 126 valence electrons. The van der Waals surface area contributed by atoms with Crippen LogP contribution in [0.15, 0.2) is 59.5 Å². The van der Waals surface area contributed by atoms with Crippen LogP contribution in [-0.2, 0) is 16.6 Å². The van der Waals surface area contributed by atoms with Crippen molar-refractivity contribution in [2.24, 2.45) is 5.92 Å². The van der Waals surface area contributed by atoms with E-state index in [4.69, 9.17) is 0 Å². The number of hydrogen-bond acceptors (Lipinski definition) is 3. The number of hydrogen-bond donors (Lipinski definition) is 0. The fourth-order valence-corrected chi connectivity index (χ4v) is 4.11. The van der Waals surface area contributed by atoms with Gasteiger partial charge in [-0.05, 0) is 30.5 Å². The Kier molecular flexibility index (Phi) is 4.83. The summed E-state index contributed by atoms with van der Waals surface area (Å²) in [5, 5.41) is 0. The molecule has 0 bridgehead atoms. The van der Waals surface area contributed by atoms with Crippen molar-refractivity contribution in [1.29, 1.82) is 0 Å². The first-order valence-electron chi connectivity index (χ1n) is 8.20. The maximum absolute atomic E-state index is 12.8. The smallest absolute Gasteiger partial charge is 0.243 e. The Labute approximate surface area is 143 Å². The van der Waals surface area contributed by atoms with Gasteiger partial charge in [-0.15, -0.1) is 0 Å². The standard InChI is InChI=1S/C19H21NO3S/c1-2-20(14-15-6-4-3-5-7-15)24(22,23)18-12-10-17(11-13-18)19(21)16-8-9-16/h3-7,10-13,16H,2,8-9,14H2,1H3. The monoisotopic (exact) mass is 343 g/mol. The fraction of sp³-hybridized carbons (Fsp3) is 0.316. The molecule has 0 unspecified atom stereocenters. The molecule has 4 nitrogen and oxygen atoms in total. The molecule has 1 saturated carbocycles. The first kappa shape index (κ1) is 16.9.